The summed E-state index contributed by atoms with van der Waals surface area (Å²) in [5.41, 5.74) is 4.46. The van der Waals surface area contributed by atoms with Gasteiger partial charge in [0.05, 0.1) is 13.2 Å². The number of hydrogen-bond donors (Lipinski definition) is 0. The fourth-order valence-electron chi connectivity index (χ4n) is 3.46. The molecule has 0 radical (unpaired) electrons. The molecule has 2 aliphatic rings. The molecule has 2 aromatic carbocycles. The van der Waals surface area contributed by atoms with Crippen LogP contribution >= 0.6 is 0 Å². The zero-order valence-corrected chi connectivity index (χ0v) is 17.3. The van der Waals surface area contributed by atoms with E-state index < -0.39 is 0 Å². The van der Waals surface area contributed by atoms with Crippen molar-refractivity contribution in [3.63, 3.8) is 0 Å². The fraction of sp³-hybridized carbons (Fsp3) is 0.417. The van der Waals surface area contributed by atoms with Gasteiger partial charge >= 0.3 is 7.12 Å². The highest BCUT2D eigenvalue weighted by Crippen LogP contribution is 2.21. The predicted octanol–water partition coefficient (Wildman–Crippen LogP) is 2.69. The van der Waals surface area contributed by atoms with Crippen LogP contribution in [-0.2, 0) is 20.6 Å². The van der Waals surface area contributed by atoms with Gasteiger partial charge in [-0.3, -0.25) is 4.90 Å². The van der Waals surface area contributed by atoms with Crippen molar-refractivity contribution >= 4 is 12.6 Å². The molecule has 0 N–H and O–H groups in total. The Bertz CT molecular complexity index is 852. The smallest absolute Gasteiger partial charge is 0.407 e. The zero-order chi connectivity index (χ0) is 20.1. The van der Waals surface area contributed by atoms with Crippen LogP contribution in [0, 0.1) is 17.3 Å². The van der Waals surface area contributed by atoms with Gasteiger partial charge in [0.25, 0.3) is 0 Å². The maximum Gasteiger partial charge on any atom is 0.493 e. The Hall–Kier alpha value is -2.10. The Balaban J connectivity index is 1.34. The lowest BCUT2D eigenvalue weighted by molar-refractivity contribution is 0.0341. The maximum atomic E-state index is 5.85. The predicted molar refractivity (Wildman–Crippen MR) is 116 cm³/mol. The van der Waals surface area contributed by atoms with Crippen LogP contribution < -0.4 is 5.46 Å². The minimum absolute atomic E-state index is 0.0830. The first-order valence-electron chi connectivity index (χ1n) is 10.3. The van der Waals surface area contributed by atoms with Crippen LogP contribution in [0.5, 0.6) is 0 Å². The normalized spacial score (nSPS) is 19.4. The lowest BCUT2D eigenvalue weighted by Crippen LogP contribution is -2.47. The van der Waals surface area contributed by atoms with Gasteiger partial charge in [0.15, 0.2) is 0 Å². The second kappa shape index (κ2) is 9.15. The summed E-state index contributed by atoms with van der Waals surface area (Å²) in [7, 11) is -0.274. The van der Waals surface area contributed by atoms with Gasteiger partial charge in [0.2, 0.25) is 0 Å². The molecular formula is C24H28BNO3. The van der Waals surface area contributed by atoms with Crippen molar-refractivity contribution in [3.8, 4) is 11.8 Å². The molecule has 5 heteroatoms. The van der Waals surface area contributed by atoms with Crippen molar-refractivity contribution in [2.24, 2.45) is 5.41 Å². The monoisotopic (exact) mass is 389 g/mol. The molecule has 2 fully saturated rings. The highest BCUT2D eigenvalue weighted by atomic mass is 16.6. The van der Waals surface area contributed by atoms with Gasteiger partial charge in [-0.25, -0.2) is 0 Å². The molecule has 0 spiro atoms. The van der Waals surface area contributed by atoms with Crippen LogP contribution in [0.3, 0.4) is 0 Å². The highest BCUT2D eigenvalue weighted by Gasteiger charge is 2.33. The Morgan fingerprint density at radius 2 is 1.41 bits per heavy atom. The minimum Gasteiger partial charge on any atom is -0.407 e. The average molecular weight is 389 g/mol. The SMILES string of the molecule is CC1(C)COB(c2ccc(C#Cc3ccc(CN4CCOCC4)cc3)cc2)OC1. The first-order chi connectivity index (χ1) is 14.1. The Morgan fingerprint density at radius 1 is 0.862 bits per heavy atom. The average Bonchev–Trinajstić information content (AvgIpc) is 2.75. The standard InChI is InChI=1S/C24H28BNO3/c1-24(2)18-28-25(29-19-24)23-11-9-21(10-12-23)4-3-20-5-7-22(8-6-20)17-26-13-15-27-16-14-26/h5-12H,13-19H2,1-2H3. The second-order valence-electron chi connectivity index (χ2n) is 8.58. The molecule has 150 valence electrons. The summed E-state index contributed by atoms with van der Waals surface area (Å²) in [6, 6.07) is 16.7. The van der Waals surface area contributed by atoms with Gasteiger partial charge in [-0.1, -0.05) is 50.0 Å². The molecule has 0 aromatic heterocycles. The molecule has 0 aliphatic carbocycles. The van der Waals surface area contributed by atoms with E-state index in [1.54, 1.807) is 0 Å². The van der Waals surface area contributed by atoms with E-state index in [-0.39, 0.29) is 12.5 Å². The molecule has 2 saturated heterocycles. The van der Waals surface area contributed by atoms with E-state index in [0.29, 0.717) is 13.2 Å². The summed E-state index contributed by atoms with van der Waals surface area (Å²) >= 11 is 0. The quantitative estimate of drug-likeness (QED) is 0.597. The zero-order valence-electron chi connectivity index (χ0n) is 17.3. The van der Waals surface area contributed by atoms with Crippen molar-refractivity contribution in [2.75, 3.05) is 39.5 Å². The van der Waals surface area contributed by atoms with Crippen molar-refractivity contribution in [3.05, 3.63) is 65.2 Å². The molecule has 4 rings (SSSR count). The van der Waals surface area contributed by atoms with E-state index in [0.717, 1.165) is 49.4 Å². The van der Waals surface area contributed by atoms with Crippen LogP contribution in [0.2, 0.25) is 0 Å². The summed E-state index contributed by atoms with van der Waals surface area (Å²) in [5, 5.41) is 0. The van der Waals surface area contributed by atoms with Gasteiger partial charge in [-0.05, 0) is 35.3 Å². The third-order valence-corrected chi connectivity index (χ3v) is 5.25. The molecule has 0 bridgehead atoms. The van der Waals surface area contributed by atoms with E-state index >= 15 is 0 Å². The molecule has 2 aliphatic heterocycles. The van der Waals surface area contributed by atoms with Gasteiger partial charge < -0.3 is 14.0 Å². The summed E-state index contributed by atoms with van der Waals surface area (Å²) < 4.78 is 17.1. The Kier molecular flexibility index (Phi) is 6.37. The van der Waals surface area contributed by atoms with Gasteiger partial charge in [0.1, 0.15) is 0 Å². The molecular weight excluding hydrogens is 361 g/mol. The van der Waals surface area contributed by atoms with Gasteiger partial charge in [-0.15, -0.1) is 0 Å². The van der Waals surface area contributed by atoms with Gasteiger partial charge in [-0.2, -0.15) is 0 Å². The molecule has 29 heavy (non-hydrogen) atoms. The first kappa shape index (κ1) is 20.2. The number of hydrogen-bond acceptors (Lipinski definition) is 4. The number of ether oxygens (including phenoxy) is 1. The number of rotatable bonds is 3. The van der Waals surface area contributed by atoms with Crippen molar-refractivity contribution < 1.29 is 14.0 Å². The topological polar surface area (TPSA) is 30.9 Å². The van der Waals surface area contributed by atoms with Crippen LogP contribution in [0.15, 0.2) is 48.5 Å². The minimum atomic E-state index is -0.274. The molecule has 0 saturated carbocycles. The first-order valence-corrected chi connectivity index (χ1v) is 10.3. The lowest BCUT2D eigenvalue weighted by atomic mass is 9.76. The summed E-state index contributed by atoms with van der Waals surface area (Å²) in [6.45, 7) is 10.4. The van der Waals surface area contributed by atoms with Crippen molar-refractivity contribution in [1.29, 1.82) is 0 Å². The van der Waals surface area contributed by atoms with Crippen molar-refractivity contribution in [1.82, 2.24) is 4.90 Å². The van der Waals surface area contributed by atoms with Crippen molar-refractivity contribution in [2.45, 2.75) is 20.4 Å². The van der Waals surface area contributed by atoms with E-state index in [4.69, 9.17) is 14.0 Å². The summed E-state index contributed by atoms with van der Waals surface area (Å²) in [5.74, 6) is 6.50. The summed E-state index contributed by atoms with van der Waals surface area (Å²) in [4.78, 5) is 2.42. The van der Waals surface area contributed by atoms with Crippen LogP contribution in [0.4, 0.5) is 0 Å². The van der Waals surface area contributed by atoms with Crippen LogP contribution in [0.1, 0.15) is 30.5 Å². The fourth-order valence-corrected chi connectivity index (χ4v) is 3.46. The molecule has 2 heterocycles. The molecule has 4 nitrogen and oxygen atoms in total. The lowest BCUT2D eigenvalue weighted by Gasteiger charge is -2.33. The largest absolute Gasteiger partial charge is 0.493 e. The molecule has 0 amide bonds. The van der Waals surface area contributed by atoms with E-state index in [2.05, 4.69) is 54.9 Å². The number of benzene rings is 2. The van der Waals surface area contributed by atoms with Crippen LogP contribution in [0.25, 0.3) is 0 Å². The molecule has 0 atom stereocenters. The second-order valence-corrected chi connectivity index (χ2v) is 8.58. The van der Waals surface area contributed by atoms with E-state index in [1.165, 1.54) is 5.56 Å². The molecule has 0 unspecified atom stereocenters. The number of nitrogens with zero attached hydrogens (tertiary/aromatic N) is 1. The number of morpholine rings is 1. The van der Waals surface area contributed by atoms with Gasteiger partial charge in [0, 0.05) is 49.4 Å². The third-order valence-electron chi connectivity index (χ3n) is 5.25. The summed E-state index contributed by atoms with van der Waals surface area (Å²) in [6.07, 6.45) is 0. The molecule has 2 aromatic rings. The Morgan fingerprint density at radius 3 is 2.00 bits per heavy atom. The Labute approximate surface area is 174 Å². The van der Waals surface area contributed by atoms with E-state index in [9.17, 15) is 0 Å². The van der Waals surface area contributed by atoms with E-state index in [1.807, 2.05) is 24.3 Å². The highest BCUT2D eigenvalue weighted by molar-refractivity contribution is 6.61. The third kappa shape index (κ3) is 5.71. The maximum absolute atomic E-state index is 5.85. The van der Waals surface area contributed by atoms with Crippen LogP contribution in [-0.4, -0.2) is 51.5 Å².